The highest BCUT2D eigenvalue weighted by Gasteiger charge is 2.24. The van der Waals surface area contributed by atoms with Crippen LogP contribution in [-0.4, -0.2) is 46.6 Å². The lowest BCUT2D eigenvalue weighted by molar-refractivity contribution is 0.0705. The molecule has 1 fully saturated rings. The van der Waals surface area contributed by atoms with E-state index >= 15 is 0 Å². The number of benzene rings is 2. The molecule has 7 heteroatoms. The molecule has 1 aliphatic rings. The third-order valence-electron chi connectivity index (χ3n) is 4.95. The van der Waals surface area contributed by atoms with Crippen molar-refractivity contribution in [1.29, 1.82) is 0 Å². The van der Waals surface area contributed by atoms with E-state index in [0.29, 0.717) is 17.7 Å². The molecule has 1 aliphatic heterocycles. The van der Waals surface area contributed by atoms with Crippen LogP contribution in [0.25, 0.3) is 0 Å². The molecule has 2 aromatic carbocycles. The number of nitrogens with one attached hydrogen (secondary N) is 1. The summed E-state index contributed by atoms with van der Waals surface area (Å²) in [6.45, 7) is 5.62. The second-order valence-corrected chi connectivity index (χ2v) is 6.93. The van der Waals surface area contributed by atoms with Crippen molar-refractivity contribution < 1.29 is 18.8 Å². The van der Waals surface area contributed by atoms with Crippen molar-refractivity contribution >= 4 is 5.91 Å². The molecule has 1 unspecified atom stereocenters. The van der Waals surface area contributed by atoms with Gasteiger partial charge in [0.1, 0.15) is 11.6 Å². The largest absolute Gasteiger partial charge is 0.296 e. The van der Waals surface area contributed by atoms with E-state index in [0.717, 1.165) is 37.8 Å². The Morgan fingerprint density at radius 2 is 1.89 bits per heavy atom. The van der Waals surface area contributed by atoms with Gasteiger partial charge < -0.3 is 0 Å². The summed E-state index contributed by atoms with van der Waals surface area (Å²) >= 11 is 0. The minimum atomic E-state index is -0.534. The zero-order valence-corrected chi connectivity index (χ0v) is 15.2. The van der Waals surface area contributed by atoms with Crippen LogP contribution in [0.15, 0.2) is 42.5 Å². The van der Waals surface area contributed by atoms with Crippen LogP contribution in [0.5, 0.6) is 0 Å². The molecule has 0 aliphatic carbocycles. The molecule has 2 aromatic rings. The molecule has 1 saturated heterocycles. The van der Waals surface area contributed by atoms with Crippen molar-refractivity contribution in [3.63, 3.8) is 0 Å². The summed E-state index contributed by atoms with van der Waals surface area (Å²) in [6, 6.07) is 10.9. The molecule has 1 amide bonds. The molecule has 0 spiro atoms. The maximum atomic E-state index is 13.9. The smallest absolute Gasteiger partial charge is 0.274 e. The molecule has 3 rings (SSSR count). The average Bonchev–Trinajstić information content (AvgIpc) is 2.66. The molecule has 2 N–H and O–H groups in total. The molecule has 1 heterocycles. The van der Waals surface area contributed by atoms with Gasteiger partial charge >= 0.3 is 0 Å². The number of amides is 1. The molecular formula is C20H23F2N3O2. The monoisotopic (exact) mass is 375 g/mol. The summed E-state index contributed by atoms with van der Waals surface area (Å²) in [5.74, 6) is -1.33. The average molecular weight is 375 g/mol. The fourth-order valence-corrected chi connectivity index (χ4v) is 3.42. The van der Waals surface area contributed by atoms with Gasteiger partial charge in [0.15, 0.2) is 0 Å². The SMILES string of the molecule is CC1CN(Cc2ccc(C(=O)NO)cc2)CCN1Cc1cc(F)ccc1F. The number of carbonyl (C=O) groups excluding carboxylic acids is 1. The number of halogens is 2. The fourth-order valence-electron chi connectivity index (χ4n) is 3.42. The summed E-state index contributed by atoms with van der Waals surface area (Å²) < 4.78 is 27.3. The first-order valence-electron chi connectivity index (χ1n) is 8.90. The van der Waals surface area contributed by atoms with Crippen LogP contribution >= 0.6 is 0 Å². The lowest BCUT2D eigenvalue weighted by Gasteiger charge is -2.40. The Bertz CT molecular complexity index is 798. The Labute approximate surface area is 157 Å². The summed E-state index contributed by atoms with van der Waals surface area (Å²) in [5, 5.41) is 8.65. The summed E-state index contributed by atoms with van der Waals surface area (Å²) in [7, 11) is 0. The van der Waals surface area contributed by atoms with Gasteiger partial charge in [-0.05, 0) is 42.8 Å². The first kappa shape index (κ1) is 19.4. The number of piperazine rings is 1. The van der Waals surface area contributed by atoms with Crippen molar-refractivity contribution in [3.8, 4) is 0 Å². The Balaban J connectivity index is 1.56. The second kappa shape index (κ2) is 8.56. The molecule has 0 radical (unpaired) electrons. The molecular weight excluding hydrogens is 352 g/mol. The lowest BCUT2D eigenvalue weighted by Crippen LogP contribution is -2.51. The molecule has 0 saturated carbocycles. The highest BCUT2D eigenvalue weighted by atomic mass is 19.1. The standard InChI is InChI=1S/C20H23F2N3O2/c1-14-11-24(12-15-2-4-16(5-3-15)20(26)23-27)8-9-25(14)13-17-10-18(21)6-7-19(17)22/h2-7,10,14,27H,8-9,11-13H2,1H3,(H,23,26). The van der Waals surface area contributed by atoms with E-state index in [2.05, 4.69) is 16.7 Å². The van der Waals surface area contributed by atoms with Gasteiger partial charge in [-0.1, -0.05) is 12.1 Å². The molecule has 144 valence electrons. The minimum absolute atomic E-state index is 0.209. The lowest BCUT2D eigenvalue weighted by atomic mass is 10.1. The van der Waals surface area contributed by atoms with Gasteiger partial charge in [0, 0.05) is 49.9 Å². The quantitative estimate of drug-likeness (QED) is 0.623. The van der Waals surface area contributed by atoms with Crippen LogP contribution in [-0.2, 0) is 13.1 Å². The van der Waals surface area contributed by atoms with Gasteiger partial charge in [-0.2, -0.15) is 0 Å². The topological polar surface area (TPSA) is 55.8 Å². The first-order valence-corrected chi connectivity index (χ1v) is 8.90. The van der Waals surface area contributed by atoms with Crippen molar-refractivity contribution in [3.05, 3.63) is 70.8 Å². The number of carbonyl (C=O) groups is 1. The molecule has 0 bridgehead atoms. The second-order valence-electron chi connectivity index (χ2n) is 6.93. The Hall–Kier alpha value is -2.35. The van der Waals surface area contributed by atoms with Crippen LogP contribution in [0.3, 0.4) is 0 Å². The predicted octanol–water partition coefficient (Wildman–Crippen LogP) is 2.79. The van der Waals surface area contributed by atoms with E-state index in [1.165, 1.54) is 12.1 Å². The van der Waals surface area contributed by atoms with Gasteiger partial charge in [0.25, 0.3) is 5.91 Å². The van der Waals surface area contributed by atoms with Gasteiger partial charge in [0.2, 0.25) is 0 Å². The molecule has 1 atom stereocenters. The maximum absolute atomic E-state index is 13.9. The normalized spacial score (nSPS) is 18.4. The Morgan fingerprint density at radius 3 is 2.56 bits per heavy atom. The van der Waals surface area contributed by atoms with Crippen LogP contribution in [0, 0.1) is 11.6 Å². The zero-order valence-electron chi connectivity index (χ0n) is 15.2. The van der Waals surface area contributed by atoms with E-state index in [9.17, 15) is 13.6 Å². The van der Waals surface area contributed by atoms with Crippen molar-refractivity contribution in [2.75, 3.05) is 19.6 Å². The third-order valence-corrected chi connectivity index (χ3v) is 4.95. The van der Waals surface area contributed by atoms with Crippen molar-refractivity contribution in [2.45, 2.75) is 26.1 Å². The van der Waals surface area contributed by atoms with Crippen molar-refractivity contribution in [1.82, 2.24) is 15.3 Å². The highest BCUT2D eigenvalue weighted by molar-refractivity contribution is 5.93. The van der Waals surface area contributed by atoms with E-state index in [-0.39, 0.29) is 11.9 Å². The molecule has 5 nitrogen and oxygen atoms in total. The van der Waals surface area contributed by atoms with Crippen LogP contribution in [0.4, 0.5) is 8.78 Å². The third kappa shape index (κ3) is 4.88. The maximum Gasteiger partial charge on any atom is 0.274 e. The number of hydrogen-bond donors (Lipinski definition) is 2. The van der Waals surface area contributed by atoms with Crippen LogP contribution < -0.4 is 5.48 Å². The van der Waals surface area contributed by atoms with E-state index in [1.54, 1.807) is 17.6 Å². The van der Waals surface area contributed by atoms with Crippen LogP contribution in [0.2, 0.25) is 0 Å². The number of hydrogen-bond acceptors (Lipinski definition) is 4. The van der Waals surface area contributed by atoms with Crippen molar-refractivity contribution in [2.24, 2.45) is 0 Å². The Kier molecular flexibility index (Phi) is 6.15. The number of hydroxylamine groups is 1. The predicted molar refractivity (Wildman–Crippen MR) is 97.2 cm³/mol. The summed E-state index contributed by atoms with van der Waals surface area (Å²) in [4.78, 5) is 15.8. The fraction of sp³-hybridized carbons (Fsp3) is 0.350. The molecule has 0 aromatic heterocycles. The summed E-state index contributed by atoms with van der Waals surface area (Å²) in [5.41, 5.74) is 3.47. The van der Waals surface area contributed by atoms with Gasteiger partial charge in [-0.15, -0.1) is 0 Å². The summed E-state index contributed by atoms with van der Waals surface area (Å²) in [6.07, 6.45) is 0. The Morgan fingerprint density at radius 1 is 1.15 bits per heavy atom. The zero-order chi connectivity index (χ0) is 19.4. The number of nitrogens with zero attached hydrogens (tertiary/aromatic N) is 2. The minimum Gasteiger partial charge on any atom is -0.296 e. The van der Waals surface area contributed by atoms with Gasteiger partial charge in [-0.3, -0.25) is 19.8 Å². The van der Waals surface area contributed by atoms with Crippen LogP contribution in [0.1, 0.15) is 28.4 Å². The van der Waals surface area contributed by atoms with E-state index in [1.807, 2.05) is 12.1 Å². The number of rotatable bonds is 5. The van der Waals surface area contributed by atoms with Gasteiger partial charge in [-0.25, -0.2) is 14.3 Å². The highest BCUT2D eigenvalue weighted by Crippen LogP contribution is 2.18. The van der Waals surface area contributed by atoms with E-state index < -0.39 is 11.7 Å². The first-order chi connectivity index (χ1) is 13.0. The van der Waals surface area contributed by atoms with E-state index in [4.69, 9.17) is 5.21 Å². The molecule has 27 heavy (non-hydrogen) atoms. The van der Waals surface area contributed by atoms with Gasteiger partial charge in [0.05, 0.1) is 0 Å².